The number of nitrogens with zero attached hydrogens (tertiary/aromatic N) is 1. The van der Waals surface area contributed by atoms with Crippen molar-refractivity contribution in [3.8, 4) is 0 Å². The molecule has 0 fully saturated rings. The third-order valence-electron chi connectivity index (χ3n) is 3.98. The van der Waals surface area contributed by atoms with Crippen LogP contribution in [0.5, 0.6) is 0 Å². The summed E-state index contributed by atoms with van der Waals surface area (Å²) in [6, 6.07) is 8.17. The first kappa shape index (κ1) is 18.7. The number of benzene rings is 1. The molecule has 1 unspecified atom stereocenters. The van der Waals surface area contributed by atoms with Crippen molar-refractivity contribution in [2.45, 2.75) is 26.0 Å². The molecule has 0 saturated carbocycles. The molecule has 2 heterocycles. The number of nitrogens with one attached hydrogen (secondary N) is 1. The molecule has 1 atom stereocenters. The highest BCUT2D eigenvalue weighted by Crippen LogP contribution is 2.26. The van der Waals surface area contributed by atoms with Crippen LogP contribution in [0.4, 0.5) is 0 Å². The van der Waals surface area contributed by atoms with Gasteiger partial charge < -0.3 is 20.6 Å². The lowest BCUT2D eigenvalue weighted by atomic mass is 10.2. The van der Waals surface area contributed by atoms with Gasteiger partial charge in [0, 0.05) is 6.42 Å². The minimum absolute atomic E-state index is 0.0296. The van der Waals surface area contributed by atoms with Crippen LogP contribution >= 0.6 is 11.3 Å². The summed E-state index contributed by atoms with van der Waals surface area (Å²) in [4.78, 5) is 42.8. The molecule has 1 aromatic carbocycles. The van der Waals surface area contributed by atoms with Gasteiger partial charge in [0.1, 0.15) is 28.2 Å². The average Bonchev–Trinajstić information content (AvgIpc) is 2.97. The van der Waals surface area contributed by atoms with Gasteiger partial charge in [-0.3, -0.25) is 9.59 Å². The van der Waals surface area contributed by atoms with E-state index in [1.165, 1.54) is 0 Å². The number of aromatic carboxylic acids is 1. The van der Waals surface area contributed by atoms with Gasteiger partial charge in [-0.25, -0.2) is 9.78 Å². The van der Waals surface area contributed by atoms with Crippen LogP contribution in [0.1, 0.15) is 26.6 Å². The molecule has 8 nitrogen and oxygen atoms in total. The number of carbonyl (C=O) groups is 2. The molecule has 0 bridgehead atoms. The molecule has 0 saturated heterocycles. The number of aromatic amines is 1. The van der Waals surface area contributed by atoms with Gasteiger partial charge in [0.05, 0.1) is 5.39 Å². The molecule has 0 spiro atoms. The number of hydrogen-bond acceptors (Lipinski definition) is 7. The molecule has 9 heteroatoms. The summed E-state index contributed by atoms with van der Waals surface area (Å²) >= 11 is 0.916. The Hall–Kier alpha value is -3.04. The van der Waals surface area contributed by atoms with E-state index >= 15 is 0 Å². The highest BCUT2D eigenvalue weighted by atomic mass is 32.1. The Balaban J connectivity index is 1.74. The number of fused-ring (bicyclic) bond motifs is 1. The summed E-state index contributed by atoms with van der Waals surface area (Å²) in [7, 11) is 0. The highest BCUT2D eigenvalue weighted by Gasteiger charge is 2.21. The number of rotatable bonds is 6. The van der Waals surface area contributed by atoms with Crippen LogP contribution in [0.25, 0.3) is 10.2 Å². The zero-order valence-corrected chi connectivity index (χ0v) is 15.2. The lowest BCUT2D eigenvalue weighted by Gasteiger charge is -2.11. The van der Waals surface area contributed by atoms with Crippen molar-refractivity contribution in [2.75, 3.05) is 0 Å². The number of esters is 1. The van der Waals surface area contributed by atoms with Crippen LogP contribution in [0.2, 0.25) is 0 Å². The second-order valence-electron chi connectivity index (χ2n) is 5.96. The number of thiophene rings is 1. The molecule has 3 rings (SSSR count). The third kappa shape index (κ3) is 4.04. The Morgan fingerprint density at radius 2 is 2.04 bits per heavy atom. The number of ether oxygens (including phenoxy) is 1. The smallest absolute Gasteiger partial charge is 0.346 e. The van der Waals surface area contributed by atoms with Gasteiger partial charge in [-0.2, -0.15) is 0 Å². The van der Waals surface area contributed by atoms with Crippen molar-refractivity contribution >= 4 is 33.5 Å². The molecule has 0 radical (unpaired) electrons. The SMILES string of the molecule is Cc1c(C(=O)O)sc2nc(CC(N)C(=O)OCc3ccccc3)[nH]c(=O)c12. The van der Waals surface area contributed by atoms with E-state index in [0.29, 0.717) is 10.4 Å². The van der Waals surface area contributed by atoms with Crippen LogP contribution in [-0.2, 0) is 22.6 Å². The monoisotopic (exact) mass is 387 g/mol. The summed E-state index contributed by atoms with van der Waals surface area (Å²) in [5.41, 5.74) is 6.61. The Kier molecular flexibility index (Phi) is 5.33. The second-order valence-corrected chi connectivity index (χ2v) is 6.96. The Bertz CT molecular complexity index is 1060. The fourth-order valence-electron chi connectivity index (χ4n) is 2.62. The van der Waals surface area contributed by atoms with Crippen molar-refractivity contribution in [3.63, 3.8) is 0 Å². The molecule has 140 valence electrons. The van der Waals surface area contributed by atoms with Crippen molar-refractivity contribution < 1.29 is 19.4 Å². The van der Waals surface area contributed by atoms with Crippen LogP contribution in [0.15, 0.2) is 35.1 Å². The summed E-state index contributed by atoms with van der Waals surface area (Å²) in [5.74, 6) is -1.53. The van der Waals surface area contributed by atoms with Gasteiger partial charge >= 0.3 is 11.9 Å². The predicted molar refractivity (Wildman–Crippen MR) is 99.9 cm³/mol. The van der Waals surface area contributed by atoms with Gasteiger partial charge in [0.15, 0.2) is 0 Å². The van der Waals surface area contributed by atoms with Crippen molar-refractivity contribution in [1.82, 2.24) is 9.97 Å². The Labute approximate surface area is 157 Å². The molecule has 2 aromatic heterocycles. The number of H-pyrrole nitrogens is 1. The summed E-state index contributed by atoms with van der Waals surface area (Å²) in [6.45, 7) is 1.66. The van der Waals surface area contributed by atoms with Crippen molar-refractivity contribution in [1.29, 1.82) is 0 Å². The van der Waals surface area contributed by atoms with E-state index in [1.807, 2.05) is 30.3 Å². The summed E-state index contributed by atoms with van der Waals surface area (Å²) in [6.07, 6.45) is -0.0296. The second kappa shape index (κ2) is 7.68. The normalized spacial score (nSPS) is 12.1. The number of carboxylic acids is 1. The molecule has 4 N–H and O–H groups in total. The number of carbonyl (C=O) groups excluding carboxylic acids is 1. The summed E-state index contributed by atoms with van der Waals surface area (Å²) < 4.78 is 5.18. The topological polar surface area (TPSA) is 135 Å². The van der Waals surface area contributed by atoms with Gasteiger partial charge in [-0.15, -0.1) is 11.3 Å². The quantitative estimate of drug-likeness (QED) is 0.547. The van der Waals surface area contributed by atoms with Crippen molar-refractivity contribution in [3.05, 3.63) is 62.5 Å². The number of carboxylic acid groups (broad SMARTS) is 1. The molecule has 0 amide bonds. The van der Waals surface area contributed by atoms with E-state index in [0.717, 1.165) is 16.9 Å². The number of aromatic nitrogens is 2. The standard InChI is InChI=1S/C18H17N3O5S/c1-9-13-15(22)20-12(21-16(13)27-14(9)17(23)24)7-11(19)18(25)26-8-10-5-3-2-4-6-10/h2-6,11H,7-8,19H2,1H3,(H,23,24)(H,20,21,22). The molecular weight excluding hydrogens is 370 g/mol. The van der Waals surface area contributed by atoms with E-state index in [-0.39, 0.29) is 29.1 Å². The van der Waals surface area contributed by atoms with Gasteiger partial charge in [0.2, 0.25) is 0 Å². The van der Waals surface area contributed by atoms with E-state index < -0.39 is 23.5 Å². The average molecular weight is 387 g/mol. The van der Waals surface area contributed by atoms with E-state index in [4.69, 9.17) is 10.5 Å². The van der Waals surface area contributed by atoms with Gasteiger partial charge in [0.25, 0.3) is 5.56 Å². The molecule has 0 aliphatic heterocycles. The first-order valence-electron chi connectivity index (χ1n) is 8.08. The Morgan fingerprint density at radius 1 is 1.33 bits per heavy atom. The van der Waals surface area contributed by atoms with E-state index in [1.54, 1.807) is 6.92 Å². The van der Waals surface area contributed by atoms with Gasteiger partial charge in [-0.05, 0) is 18.1 Å². The summed E-state index contributed by atoms with van der Waals surface area (Å²) in [5, 5.41) is 9.42. The first-order chi connectivity index (χ1) is 12.9. The molecule has 0 aliphatic rings. The Morgan fingerprint density at radius 3 is 2.70 bits per heavy atom. The van der Waals surface area contributed by atoms with E-state index in [2.05, 4.69) is 9.97 Å². The minimum atomic E-state index is -1.11. The molecule has 0 aliphatic carbocycles. The predicted octanol–water partition coefficient (Wildman–Crippen LogP) is 1.60. The lowest BCUT2D eigenvalue weighted by molar-refractivity contribution is -0.146. The fraction of sp³-hybridized carbons (Fsp3) is 0.222. The maximum Gasteiger partial charge on any atom is 0.346 e. The van der Waals surface area contributed by atoms with Crippen LogP contribution in [0.3, 0.4) is 0 Å². The van der Waals surface area contributed by atoms with Crippen LogP contribution in [-0.4, -0.2) is 33.1 Å². The minimum Gasteiger partial charge on any atom is -0.477 e. The van der Waals surface area contributed by atoms with E-state index in [9.17, 15) is 19.5 Å². The fourth-order valence-corrected chi connectivity index (χ4v) is 3.66. The largest absolute Gasteiger partial charge is 0.477 e. The third-order valence-corrected chi connectivity index (χ3v) is 5.16. The number of hydrogen-bond donors (Lipinski definition) is 3. The lowest BCUT2D eigenvalue weighted by Crippen LogP contribution is -2.35. The first-order valence-corrected chi connectivity index (χ1v) is 8.90. The molecular formula is C18H17N3O5S. The zero-order valence-electron chi connectivity index (χ0n) is 14.4. The molecule has 3 aromatic rings. The number of nitrogens with two attached hydrogens (primary N) is 1. The van der Waals surface area contributed by atoms with Crippen LogP contribution < -0.4 is 11.3 Å². The molecule has 27 heavy (non-hydrogen) atoms. The number of aryl methyl sites for hydroxylation is 1. The maximum absolute atomic E-state index is 12.3. The van der Waals surface area contributed by atoms with Crippen LogP contribution in [0, 0.1) is 6.92 Å². The highest BCUT2D eigenvalue weighted by molar-refractivity contribution is 7.20. The maximum atomic E-state index is 12.3. The zero-order chi connectivity index (χ0) is 19.6. The van der Waals surface area contributed by atoms with Gasteiger partial charge in [-0.1, -0.05) is 30.3 Å². The van der Waals surface area contributed by atoms with Crippen molar-refractivity contribution in [2.24, 2.45) is 5.73 Å².